The number of aryl methyl sites for hydroxylation is 2. The van der Waals surface area contributed by atoms with Crippen LogP contribution in [0.25, 0.3) is 0 Å². The first-order valence-corrected chi connectivity index (χ1v) is 12.1. The zero-order valence-electron chi connectivity index (χ0n) is 46.9. The third-order valence-electron chi connectivity index (χ3n) is 5.86. The summed E-state index contributed by atoms with van der Waals surface area (Å²) in [5.74, 6) is -4.25. The number of nitrogens with two attached hydrogens (primary N) is 1. The second kappa shape index (κ2) is 14.6. The van der Waals surface area contributed by atoms with Crippen LogP contribution < -0.4 is 5.73 Å². The van der Waals surface area contributed by atoms with E-state index in [1.807, 2.05) is 0 Å². The second-order valence-corrected chi connectivity index (χ2v) is 9.32. The van der Waals surface area contributed by atoms with Crippen LogP contribution in [0.1, 0.15) is 145 Å². The number of aliphatic hydroxyl groups is 2. The quantitative estimate of drug-likeness (QED) is 0.321. The van der Waals surface area contributed by atoms with E-state index in [0.717, 1.165) is 23.1 Å². The fraction of sp³-hybridized carbons (Fsp3) is 0.647. The van der Waals surface area contributed by atoms with Crippen LogP contribution in [0.5, 0.6) is 0 Å². The monoisotopic (exact) mass is 548 g/mol. The van der Waals surface area contributed by atoms with Gasteiger partial charge in [0.2, 0.25) is 0 Å². The lowest BCUT2D eigenvalue weighted by molar-refractivity contribution is -0.0116. The van der Waals surface area contributed by atoms with Crippen molar-refractivity contribution in [2.45, 2.75) is 113 Å². The first-order chi connectivity index (χ1) is 27.6. The molecule has 2 aromatic rings. The Morgan fingerprint density at radius 2 is 1.18 bits per heavy atom. The molecular weight excluding hydrogens is 468 g/mol. The molecule has 0 aromatic heterocycles. The van der Waals surface area contributed by atoms with Crippen molar-refractivity contribution in [1.82, 2.24) is 4.90 Å². The highest BCUT2D eigenvalue weighted by Crippen LogP contribution is 2.37. The van der Waals surface area contributed by atoms with Crippen LogP contribution >= 0.6 is 0 Å². The van der Waals surface area contributed by atoms with Crippen LogP contribution in [0.2, 0.25) is 0 Å². The average Bonchev–Trinajstić information content (AvgIpc) is 3.13. The van der Waals surface area contributed by atoms with E-state index in [1.165, 1.54) is 24.3 Å². The van der Waals surface area contributed by atoms with E-state index < -0.39 is 120 Å². The Morgan fingerprint density at radius 3 is 1.58 bits per heavy atom. The molecule has 2 unspecified atom stereocenters. The minimum atomic E-state index is -3.73. The Morgan fingerprint density at radius 1 is 0.789 bits per heavy atom. The van der Waals surface area contributed by atoms with Crippen molar-refractivity contribution in [3.8, 4) is 0 Å². The molecule has 4 rings (SSSR count). The summed E-state index contributed by atoms with van der Waals surface area (Å²) in [6.45, 7) is -0.371. The Kier molecular flexibility index (Phi) is 4.33. The molecule has 212 valence electrons. The molecule has 2 aromatic carbocycles. The Labute approximate surface area is 267 Å². The van der Waals surface area contributed by atoms with E-state index in [2.05, 4.69) is 0 Å². The summed E-state index contributed by atoms with van der Waals surface area (Å²) in [5, 5.41) is 22.8. The average molecular weight is 548 g/mol. The van der Waals surface area contributed by atoms with Crippen molar-refractivity contribution in [1.29, 1.82) is 0 Å². The summed E-state index contributed by atoms with van der Waals surface area (Å²) < 4.78 is 203. The van der Waals surface area contributed by atoms with E-state index in [4.69, 9.17) is 40.0 Å². The first-order valence-electron chi connectivity index (χ1n) is 24.6. The number of nitrogens with zero attached hydrogens (tertiary/aromatic N) is 1. The minimum Gasteiger partial charge on any atom is -0.390 e. The highest BCUT2D eigenvalue weighted by atomic mass is 16.3. The topological polar surface area (TPSA) is 69.7 Å². The van der Waals surface area contributed by atoms with Gasteiger partial charge in [-0.15, -0.1) is 0 Å². The van der Waals surface area contributed by atoms with Crippen molar-refractivity contribution >= 4 is 0 Å². The van der Waals surface area contributed by atoms with Gasteiger partial charge >= 0.3 is 0 Å². The van der Waals surface area contributed by atoms with Gasteiger partial charge in [-0.05, 0) is 95.7 Å². The van der Waals surface area contributed by atoms with Crippen LogP contribution in [-0.2, 0) is 0 Å². The van der Waals surface area contributed by atoms with Gasteiger partial charge in [0.1, 0.15) is 0 Å². The lowest BCUT2D eigenvalue weighted by Gasteiger charge is -2.36. The molecular formula is C34H54N2O2. The molecule has 0 amide bonds. The molecule has 0 spiro atoms. The van der Waals surface area contributed by atoms with Crippen LogP contribution in [0.15, 0.2) is 48.5 Å². The highest BCUT2D eigenvalue weighted by molar-refractivity contribution is 5.26. The predicted molar refractivity (Wildman–Crippen MR) is 161 cm³/mol. The summed E-state index contributed by atoms with van der Waals surface area (Å²) >= 11 is 0. The number of hydrogen-bond donors (Lipinski definition) is 3. The lowest BCUT2D eigenvalue weighted by Crippen LogP contribution is -2.35. The minimum absolute atomic E-state index is 0.0592. The van der Waals surface area contributed by atoms with E-state index in [9.17, 15) is 10.2 Å². The summed E-state index contributed by atoms with van der Waals surface area (Å²) in [4.78, 5) is 0.764. The lowest BCUT2D eigenvalue weighted by atomic mass is 9.77. The maximum Gasteiger partial charge on any atom is 0.0654 e. The molecule has 2 atom stereocenters. The van der Waals surface area contributed by atoms with Crippen molar-refractivity contribution in [2.75, 3.05) is 27.1 Å². The molecule has 0 radical (unpaired) electrons. The molecule has 2 aliphatic rings. The highest BCUT2D eigenvalue weighted by Gasteiger charge is 2.33. The molecule has 38 heavy (non-hydrogen) atoms. The normalized spacial score (nSPS) is 45.3. The van der Waals surface area contributed by atoms with E-state index in [-0.39, 0.29) is 11.1 Å². The van der Waals surface area contributed by atoms with Crippen LogP contribution in [0.4, 0.5) is 0 Å². The van der Waals surface area contributed by atoms with Gasteiger partial charge < -0.3 is 20.8 Å². The van der Waals surface area contributed by atoms with Crippen molar-refractivity contribution in [3.05, 3.63) is 70.8 Å². The molecule has 4 heteroatoms. The molecule has 2 aliphatic carbocycles. The smallest absolute Gasteiger partial charge is 0.0654 e. The van der Waals surface area contributed by atoms with Gasteiger partial charge in [0.05, 0.1) is 11.2 Å². The third-order valence-corrected chi connectivity index (χ3v) is 5.86. The Balaban J connectivity index is 0.000000340. The number of rotatable bonds is 9. The maximum absolute atomic E-state index is 11.5. The SMILES string of the molecule is [2H]C(CN(C)C([2H])([2H])[2H])(CC1(O)C([2H])([2H])C([2H])([2H])C([2H])([2H])C([2H])([2H])C1([2H])[2H])c1ccc(C)cc1.[2H]C(CN)(CC1(O)C([2H])([2H])C([2H])([2H])C([2H])([2H])C([2H])([2H])C1([2H])[2H])c1ccc(C)cc1. The van der Waals surface area contributed by atoms with E-state index >= 15 is 0 Å². The molecule has 0 bridgehead atoms. The second-order valence-electron chi connectivity index (χ2n) is 9.32. The largest absolute Gasteiger partial charge is 0.390 e. The van der Waals surface area contributed by atoms with Crippen molar-refractivity contribution in [3.63, 3.8) is 0 Å². The fourth-order valence-corrected chi connectivity index (χ4v) is 3.86. The van der Waals surface area contributed by atoms with Crippen molar-refractivity contribution in [2.24, 2.45) is 5.73 Å². The van der Waals surface area contributed by atoms with Crippen LogP contribution in [-0.4, -0.2) is 53.4 Å². The van der Waals surface area contributed by atoms with Gasteiger partial charge in [-0.25, -0.2) is 0 Å². The molecule has 2 fully saturated rings. The number of benzene rings is 2. The molecule has 0 saturated heterocycles. The van der Waals surface area contributed by atoms with E-state index in [1.54, 1.807) is 38.1 Å². The Bertz CT molecular complexity index is 1910. The molecule has 2 saturated carbocycles. The van der Waals surface area contributed by atoms with Gasteiger partial charge in [0, 0.05) is 40.8 Å². The van der Waals surface area contributed by atoms with Gasteiger partial charge in [-0.3, -0.25) is 0 Å². The molecule has 4 nitrogen and oxygen atoms in total. The summed E-state index contributed by atoms with van der Waals surface area (Å²) in [5.41, 5.74) is 0.593. The number of hydrogen-bond acceptors (Lipinski definition) is 4. The van der Waals surface area contributed by atoms with E-state index in [0.29, 0.717) is 0 Å². The summed E-state index contributed by atoms with van der Waals surface area (Å²) in [7, 11) is 1.15. The molecule has 0 heterocycles. The number of likely N-dealkylation sites (N-methyl/N-ethyl adjacent to an activating group) is 1. The summed E-state index contributed by atoms with van der Waals surface area (Å²) in [6.07, 6.45) is -39.0. The zero-order chi connectivity index (χ0) is 49.9. The first kappa shape index (κ1) is 11.3. The van der Waals surface area contributed by atoms with Gasteiger partial charge in [-0.2, -0.15) is 0 Å². The molecule has 0 aliphatic heterocycles. The van der Waals surface area contributed by atoms with Gasteiger partial charge in [0.25, 0.3) is 0 Å². The van der Waals surface area contributed by atoms with Crippen molar-refractivity contribution < 1.29 is 44.5 Å². The van der Waals surface area contributed by atoms with Crippen LogP contribution in [0, 0.1) is 13.8 Å². The Hall–Kier alpha value is -1.72. The third kappa shape index (κ3) is 9.79. The van der Waals surface area contributed by atoms with Gasteiger partial charge in [-0.1, -0.05) is 97.9 Å². The predicted octanol–water partition coefficient (Wildman–Crippen LogP) is 6.85. The van der Waals surface area contributed by atoms with Crippen LogP contribution in [0.3, 0.4) is 0 Å². The van der Waals surface area contributed by atoms with Gasteiger partial charge in [0.15, 0.2) is 0 Å². The zero-order valence-corrected chi connectivity index (χ0v) is 21.9. The standard InChI is InChI=1S/C18H29NO.C16H25NO/c1-15-7-9-16(10-8-15)17(14-19(2)3)13-18(20)11-5-4-6-12-18;1-13-5-7-14(8-6-13)15(12-17)11-16(18)9-3-2-4-10-16/h7-10,17,20H,4-6,11-14H2,1-3H3;5-8,15,18H,2-4,9-12,17H2,1H3/i2D3,4D2,5D2,6D2,11D2,12D2,17D;2D2,3D2,4D2,9D2,10D2,15D. The fourth-order valence-electron chi connectivity index (χ4n) is 3.86. The maximum atomic E-state index is 11.5. The summed E-state index contributed by atoms with van der Waals surface area (Å²) in [6, 6.07) is 12.2. The molecule has 4 N–H and O–H groups in total.